The summed E-state index contributed by atoms with van der Waals surface area (Å²) < 4.78 is 9.37. The molecule has 7 heteroatoms. The summed E-state index contributed by atoms with van der Waals surface area (Å²) in [5.41, 5.74) is 2.32. The number of ether oxygens (including phenoxy) is 2. The molecule has 0 rings (SSSR count). The molecule has 0 aliphatic heterocycles. The molecule has 0 fully saturated rings. The second kappa shape index (κ2) is 7.43. The third-order valence-corrected chi connectivity index (χ3v) is 1.41. The second-order valence-electron chi connectivity index (χ2n) is 2.71. The molecular weight excluding hydrogens is 214 g/mol. The molecule has 0 radical (unpaired) electrons. The van der Waals surface area contributed by atoms with Crippen molar-refractivity contribution < 1.29 is 19.1 Å². The number of hydrogen-bond donors (Lipinski definition) is 2. The van der Waals surface area contributed by atoms with Gasteiger partial charge in [-0.05, 0) is 6.92 Å². The van der Waals surface area contributed by atoms with Gasteiger partial charge in [-0.15, -0.1) is 0 Å². The van der Waals surface area contributed by atoms with Gasteiger partial charge in [-0.1, -0.05) is 13.2 Å². The van der Waals surface area contributed by atoms with Crippen molar-refractivity contribution in [1.82, 2.24) is 10.5 Å². The molecule has 0 heterocycles. The normalized spacial score (nSPS) is 9.12. The van der Waals surface area contributed by atoms with Gasteiger partial charge in [0.15, 0.2) is 0 Å². The molecule has 0 aliphatic carbocycles. The van der Waals surface area contributed by atoms with E-state index < -0.39 is 12.1 Å². The Morgan fingerprint density at radius 1 is 1.44 bits per heavy atom. The highest BCUT2D eigenvalue weighted by molar-refractivity contribution is 5.86. The van der Waals surface area contributed by atoms with Crippen molar-refractivity contribution in [3.8, 4) is 0 Å². The van der Waals surface area contributed by atoms with Gasteiger partial charge in [0.1, 0.15) is 13.2 Å². The summed E-state index contributed by atoms with van der Waals surface area (Å²) in [5.74, 6) is 4.45. The quantitative estimate of drug-likeness (QED) is 0.220. The zero-order valence-electron chi connectivity index (χ0n) is 9.06. The molecule has 0 aliphatic rings. The Kier molecular flexibility index (Phi) is 6.57. The molecular formula is C9H15N3O4. The Balaban J connectivity index is 3.74. The fourth-order valence-electron chi connectivity index (χ4n) is 0.636. The van der Waals surface area contributed by atoms with E-state index in [0.717, 1.165) is 11.2 Å². The predicted molar refractivity (Wildman–Crippen MR) is 56.5 cm³/mol. The first-order valence-electron chi connectivity index (χ1n) is 4.40. The van der Waals surface area contributed by atoms with Crippen LogP contribution in [-0.2, 0) is 14.3 Å². The average Bonchev–Trinajstić information content (AvgIpc) is 2.25. The zero-order valence-corrected chi connectivity index (χ0v) is 9.06. The number of rotatable bonds is 6. The van der Waals surface area contributed by atoms with E-state index in [9.17, 15) is 9.59 Å². The predicted octanol–water partition coefficient (Wildman–Crippen LogP) is 0.0661. The number of esters is 1. The monoisotopic (exact) mass is 229 g/mol. The molecule has 0 unspecified atom stereocenters. The largest absolute Gasteiger partial charge is 0.459 e. The second-order valence-corrected chi connectivity index (χ2v) is 2.71. The van der Waals surface area contributed by atoms with Crippen LogP contribution in [0.5, 0.6) is 0 Å². The van der Waals surface area contributed by atoms with Crippen LogP contribution in [0.2, 0.25) is 0 Å². The number of carbonyl (C=O) groups excluding carboxylic acids is 2. The lowest BCUT2D eigenvalue weighted by Crippen LogP contribution is -2.43. The molecule has 0 saturated heterocycles. The Morgan fingerprint density at radius 2 is 2.00 bits per heavy atom. The van der Waals surface area contributed by atoms with Gasteiger partial charge >= 0.3 is 12.1 Å². The van der Waals surface area contributed by atoms with Crippen molar-refractivity contribution in [2.75, 3.05) is 13.2 Å². The number of carbonyl (C=O) groups is 2. The highest BCUT2D eigenvalue weighted by Gasteiger charge is 2.10. The van der Waals surface area contributed by atoms with Crippen LogP contribution in [-0.4, -0.2) is 30.3 Å². The van der Waals surface area contributed by atoms with Gasteiger partial charge in [0.25, 0.3) is 0 Å². The first-order valence-corrected chi connectivity index (χ1v) is 4.40. The first-order chi connectivity index (χ1) is 7.52. The molecule has 0 spiro atoms. The Labute approximate surface area is 93.4 Å². The number of nitrogens with one attached hydrogen (secondary N) is 1. The lowest BCUT2D eigenvalue weighted by atomic mass is 10.4. The highest BCUT2D eigenvalue weighted by atomic mass is 16.6. The number of amides is 1. The summed E-state index contributed by atoms with van der Waals surface area (Å²) in [4.78, 5) is 22.0. The summed E-state index contributed by atoms with van der Waals surface area (Å²) in [7, 11) is 0. The molecule has 0 bridgehead atoms. The molecule has 0 saturated carbocycles. The maximum atomic E-state index is 11.1. The van der Waals surface area contributed by atoms with Gasteiger partial charge in [0.2, 0.25) is 0 Å². The third-order valence-electron chi connectivity index (χ3n) is 1.41. The molecule has 0 aromatic carbocycles. The minimum absolute atomic E-state index is 0.0486. The number of nitrogens with two attached hydrogens (primary N) is 1. The fourth-order valence-corrected chi connectivity index (χ4v) is 0.636. The first kappa shape index (κ1) is 14.1. The van der Waals surface area contributed by atoms with Crippen molar-refractivity contribution in [3.63, 3.8) is 0 Å². The van der Waals surface area contributed by atoms with Gasteiger partial charge in [-0.3, -0.25) is 5.84 Å². The van der Waals surface area contributed by atoms with Crippen LogP contribution in [0.4, 0.5) is 4.79 Å². The smallest absolute Gasteiger partial charge is 0.429 e. The highest BCUT2D eigenvalue weighted by Crippen LogP contribution is 1.93. The van der Waals surface area contributed by atoms with E-state index in [1.54, 1.807) is 0 Å². The van der Waals surface area contributed by atoms with Crippen molar-refractivity contribution in [1.29, 1.82) is 0 Å². The Morgan fingerprint density at radius 3 is 2.44 bits per heavy atom. The van der Waals surface area contributed by atoms with Gasteiger partial charge in [0, 0.05) is 11.8 Å². The van der Waals surface area contributed by atoms with Gasteiger partial charge in [0.05, 0.1) is 0 Å². The average molecular weight is 229 g/mol. The maximum absolute atomic E-state index is 11.1. The van der Waals surface area contributed by atoms with Crippen molar-refractivity contribution in [2.24, 2.45) is 5.84 Å². The Bertz CT molecular complexity index is 290. The van der Waals surface area contributed by atoms with Crippen molar-refractivity contribution >= 4 is 12.1 Å². The van der Waals surface area contributed by atoms with E-state index >= 15 is 0 Å². The van der Waals surface area contributed by atoms with E-state index in [1.807, 2.05) is 5.53 Å². The summed E-state index contributed by atoms with van der Waals surface area (Å²) in [6, 6.07) is 0. The molecule has 90 valence electrons. The fraction of sp³-hybridized carbons (Fsp3) is 0.333. The number of nitrogens with zero attached hydrogens (tertiary/aromatic N) is 1. The van der Waals surface area contributed by atoms with Crippen LogP contribution in [0.25, 0.3) is 0 Å². The van der Waals surface area contributed by atoms with E-state index in [-0.39, 0.29) is 18.8 Å². The molecule has 3 N–H and O–H groups in total. The van der Waals surface area contributed by atoms with Gasteiger partial charge in [-0.25, -0.2) is 14.6 Å². The lowest BCUT2D eigenvalue weighted by Gasteiger charge is -2.15. The summed E-state index contributed by atoms with van der Waals surface area (Å²) >= 11 is 0. The molecule has 7 nitrogen and oxygen atoms in total. The standard InChI is InChI=1S/C9H15N3O4/c1-4-12(11-10)9(14)16-6-5-15-8(13)7(2)3/h4,11H,1-2,5-6,10H2,3H3. The third kappa shape index (κ3) is 5.13. The molecule has 0 aromatic rings. The van der Waals surface area contributed by atoms with E-state index in [4.69, 9.17) is 5.84 Å². The minimum atomic E-state index is -0.746. The van der Waals surface area contributed by atoms with E-state index in [2.05, 4.69) is 22.6 Å². The summed E-state index contributed by atoms with van der Waals surface area (Å²) in [6.07, 6.45) is 0.395. The Hall–Kier alpha value is -1.86. The number of hydrogen-bond acceptors (Lipinski definition) is 6. The van der Waals surface area contributed by atoms with Gasteiger partial charge in [-0.2, -0.15) is 5.53 Å². The van der Waals surface area contributed by atoms with Crippen molar-refractivity contribution in [3.05, 3.63) is 24.9 Å². The van der Waals surface area contributed by atoms with Crippen LogP contribution < -0.4 is 11.4 Å². The summed E-state index contributed by atoms with van der Waals surface area (Å²) in [6.45, 7) is 8.10. The summed E-state index contributed by atoms with van der Waals surface area (Å²) in [5, 5.41) is 0.834. The van der Waals surface area contributed by atoms with Crippen LogP contribution in [0.1, 0.15) is 6.92 Å². The zero-order chi connectivity index (χ0) is 12.6. The van der Waals surface area contributed by atoms with Crippen LogP contribution in [0.15, 0.2) is 24.9 Å². The number of hydrazine groups is 2. The minimum Gasteiger partial charge on any atom is -0.459 e. The molecule has 1 amide bonds. The van der Waals surface area contributed by atoms with Gasteiger partial charge < -0.3 is 9.47 Å². The van der Waals surface area contributed by atoms with E-state index in [1.165, 1.54) is 6.92 Å². The van der Waals surface area contributed by atoms with Crippen LogP contribution in [0.3, 0.4) is 0 Å². The van der Waals surface area contributed by atoms with E-state index in [0.29, 0.717) is 0 Å². The lowest BCUT2D eigenvalue weighted by molar-refractivity contribution is -0.140. The maximum Gasteiger partial charge on any atom is 0.429 e. The van der Waals surface area contributed by atoms with Crippen LogP contribution in [0, 0.1) is 0 Å². The molecule has 16 heavy (non-hydrogen) atoms. The van der Waals surface area contributed by atoms with Crippen molar-refractivity contribution in [2.45, 2.75) is 6.92 Å². The van der Waals surface area contributed by atoms with Crippen LogP contribution >= 0.6 is 0 Å². The molecule has 0 aromatic heterocycles. The molecule has 0 atom stereocenters. The topological polar surface area (TPSA) is 93.9 Å². The SMILES string of the molecule is C=CN(NN)C(=O)OCCOC(=O)C(=C)C.